The normalized spacial score (nSPS) is 10.0. The zero-order valence-corrected chi connectivity index (χ0v) is 10.7. The molecule has 0 aliphatic rings. The smallest absolute Gasteiger partial charge is 0.343 e. The van der Waals surface area contributed by atoms with E-state index in [1.807, 2.05) is 0 Å². The molecule has 0 bridgehead atoms. The predicted octanol–water partition coefficient (Wildman–Crippen LogP) is 3.28. The Morgan fingerprint density at radius 3 is 2.31 bits per heavy atom. The summed E-state index contributed by atoms with van der Waals surface area (Å²) in [4.78, 5) is 10.8. The highest BCUT2D eigenvalue weighted by molar-refractivity contribution is 6.37. The minimum Gasteiger partial charge on any atom is -0.482 e. The van der Waals surface area contributed by atoms with Gasteiger partial charge in [-0.15, -0.1) is 11.6 Å². The number of halogens is 3. The Bertz CT molecular complexity index is 370. The number of esters is 1. The summed E-state index contributed by atoms with van der Waals surface area (Å²) in [7, 11) is 1.28. The van der Waals surface area contributed by atoms with E-state index in [0.717, 1.165) is 0 Å². The topological polar surface area (TPSA) is 35.5 Å². The number of carbonyl (C=O) groups excluding carboxylic acids is 1. The molecule has 0 saturated heterocycles. The first-order valence-corrected chi connectivity index (χ1v) is 5.61. The number of rotatable bonds is 4. The molecular formula is C10H9Cl3O3. The molecule has 1 aromatic rings. The molecule has 0 aliphatic heterocycles. The van der Waals surface area contributed by atoms with Crippen LogP contribution in [0.25, 0.3) is 0 Å². The Hall–Kier alpha value is -0.640. The highest BCUT2D eigenvalue weighted by Gasteiger charge is 2.09. The molecule has 0 spiro atoms. The van der Waals surface area contributed by atoms with Gasteiger partial charge < -0.3 is 9.47 Å². The van der Waals surface area contributed by atoms with Gasteiger partial charge in [0.1, 0.15) is 5.75 Å². The van der Waals surface area contributed by atoms with Gasteiger partial charge in [0.25, 0.3) is 0 Å². The lowest BCUT2D eigenvalue weighted by molar-refractivity contribution is -0.142. The van der Waals surface area contributed by atoms with Crippen molar-refractivity contribution in [2.24, 2.45) is 0 Å². The number of benzene rings is 1. The molecule has 0 heterocycles. The van der Waals surface area contributed by atoms with E-state index in [9.17, 15) is 4.79 Å². The Kier molecular flexibility index (Phi) is 5.19. The molecule has 0 saturated carbocycles. The third kappa shape index (κ3) is 3.44. The summed E-state index contributed by atoms with van der Waals surface area (Å²) in [6.07, 6.45) is 0. The largest absolute Gasteiger partial charge is 0.482 e. The van der Waals surface area contributed by atoms with Crippen LogP contribution in [0.15, 0.2) is 12.1 Å². The van der Waals surface area contributed by atoms with Crippen LogP contribution in [0.2, 0.25) is 10.0 Å². The highest BCUT2D eigenvalue weighted by Crippen LogP contribution is 2.31. The van der Waals surface area contributed by atoms with Crippen LogP contribution < -0.4 is 4.74 Å². The van der Waals surface area contributed by atoms with Crippen molar-refractivity contribution >= 4 is 40.8 Å². The van der Waals surface area contributed by atoms with E-state index in [0.29, 0.717) is 21.4 Å². The minimum absolute atomic E-state index is 0.191. The third-order valence-corrected chi connectivity index (χ3v) is 2.77. The molecule has 0 radical (unpaired) electrons. The van der Waals surface area contributed by atoms with Crippen LogP contribution in [-0.4, -0.2) is 19.7 Å². The van der Waals surface area contributed by atoms with Crippen molar-refractivity contribution in [1.82, 2.24) is 0 Å². The first-order valence-electron chi connectivity index (χ1n) is 4.32. The lowest BCUT2D eigenvalue weighted by atomic mass is 10.2. The second-order valence-corrected chi connectivity index (χ2v) is 3.95. The number of hydrogen-bond donors (Lipinski definition) is 0. The summed E-state index contributed by atoms with van der Waals surface area (Å²) in [6, 6.07) is 3.10. The maximum atomic E-state index is 10.8. The molecule has 0 fully saturated rings. The molecule has 0 atom stereocenters. The molecule has 0 aromatic heterocycles. The minimum atomic E-state index is -0.478. The van der Waals surface area contributed by atoms with E-state index < -0.39 is 5.97 Å². The molecule has 6 heteroatoms. The fourth-order valence-electron chi connectivity index (χ4n) is 0.992. The Balaban J connectivity index is 2.79. The Morgan fingerprint density at radius 2 is 1.88 bits per heavy atom. The van der Waals surface area contributed by atoms with Gasteiger partial charge in [-0.1, -0.05) is 23.2 Å². The summed E-state index contributed by atoms with van der Waals surface area (Å²) < 4.78 is 9.56. The number of carbonyl (C=O) groups is 1. The average molecular weight is 284 g/mol. The second-order valence-electron chi connectivity index (χ2n) is 2.86. The van der Waals surface area contributed by atoms with Crippen LogP contribution in [0.3, 0.4) is 0 Å². The predicted molar refractivity (Wildman–Crippen MR) is 63.5 cm³/mol. The van der Waals surface area contributed by atoms with E-state index in [-0.39, 0.29) is 12.5 Å². The maximum Gasteiger partial charge on any atom is 0.343 e. The SMILES string of the molecule is COC(=O)COc1cc(Cl)c(CCl)c(Cl)c1. The van der Waals surface area contributed by atoms with Gasteiger partial charge in [0.15, 0.2) is 6.61 Å². The van der Waals surface area contributed by atoms with E-state index in [2.05, 4.69) is 4.74 Å². The van der Waals surface area contributed by atoms with Crippen molar-refractivity contribution in [3.8, 4) is 5.75 Å². The molecule has 0 unspecified atom stereocenters. The van der Waals surface area contributed by atoms with Crippen LogP contribution in [-0.2, 0) is 15.4 Å². The van der Waals surface area contributed by atoms with E-state index in [1.54, 1.807) is 12.1 Å². The molecule has 0 aliphatic carbocycles. The van der Waals surface area contributed by atoms with Gasteiger partial charge in [-0.2, -0.15) is 0 Å². The van der Waals surface area contributed by atoms with Crippen molar-refractivity contribution in [2.45, 2.75) is 5.88 Å². The van der Waals surface area contributed by atoms with E-state index in [1.165, 1.54) is 7.11 Å². The number of ether oxygens (including phenoxy) is 2. The summed E-state index contributed by atoms with van der Waals surface area (Å²) in [5.41, 5.74) is 0.635. The van der Waals surface area contributed by atoms with Gasteiger partial charge in [0.2, 0.25) is 0 Å². The summed E-state index contributed by atoms with van der Waals surface area (Å²) >= 11 is 17.5. The van der Waals surface area contributed by atoms with Crippen molar-refractivity contribution < 1.29 is 14.3 Å². The lowest BCUT2D eigenvalue weighted by Gasteiger charge is -2.08. The van der Waals surface area contributed by atoms with E-state index >= 15 is 0 Å². The van der Waals surface area contributed by atoms with Crippen LogP contribution in [0.4, 0.5) is 0 Å². The first-order chi connectivity index (χ1) is 7.58. The number of alkyl halides is 1. The number of methoxy groups -OCH3 is 1. The van der Waals surface area contributed by atoms with Crippen molar-refractivity contribution in [3.05, 3.63) is 27.7 Å². The quantitative estimate of drug-likeness (QED) is 0.628. The molecular weight excluding hydrogens is 274 g/mol. The van der Waals surface area contributed by atoms with Crippen LogP contribution >= 0.6 is 34.8 Å². The van der Waals surface area contributed by atoms with Crippen LogP contribution in [0.1, 0.15) is 5.56 Å². The fraction of sp³-hybridized carbons (Fsp3) is 0.300. The van der Waals surface area contributed by atoms with Crippen molar-refractivity contribution in [2.75, 3.05) is 13.7 Å². The maximum absolute atomic E-state index is 10.8. The molecule has 16 heavy (non-hydrogen) atoms. The Labute approximate surface area is 108 Å². The molecule has 3 nitrogen and oxygen atoms in total. The average Bonchev–Trinajstić information content (AvgIpc) is 2.25. The summed E-state index contributed by atoms with van der Waals surface area (Å²) in [5.74, 6) is 0.137. The Morgan fingerprint density at radius 1 is 1.31 bits per heavy atom. The molecule has 1 aromatic carbocycles. The molecule has 1 rings (SSSR count). The van der Waals surface area contributed by atoms with Crippen molar-refractivity contribution in [3.63, 3.8) is 0 Å². The molecule has 0 amide bonds. The first kappa shape index (κ1) is 13.4. The van der Waals surface area contributed by atoms with Gasteiger partial charge in [-0.3, -0.25) is 0 Å². The van der Waals surface area contributed by atoms with Gasteiger partial charge in [-0.25, -0.2) is 4.79 Å². The second kappa shape index (κ2) is 6.18. The van der Waals surface area contributed by atoms with Gasteiger partial charge in [-0.05, 0) is 12.1 Å². The van der Waals surface area contributed by atoms with E-state index in [4.69, 9.17) is 39.5 Å². The standard InChI is InChI=1S/C10H9Cl3O3/c1-15-10(14)5-16-6-2-8(12)7(4-11)9(13)3-6/h2-3H,4-5H2,1H3. The zero-order valence-electron chi connectivity index (χ0n) is 8.43. The summed E-state index contributed by atoms with van der Waals surface area (Å²) in [5, 5.41) is 0.810. The summed E-state index contributed by atoms with van der Waals surface area (Å²) in [6.45, 7) is -0.191. The highest BCUT2D eigenvalue weighted by atomic mass is 35.5. The van der Waals surface area contributed by atoms with Gasteiger partial charge >= 0.3 is 5.97 Å². The molecule has 0 N–H and O–H groups in total. The van der Waals surface area contributed by atoms with Crippen LogP contribution in [0, 0.1) is 0 Å². The van der Waals surface area contributed by atoms with Gasteiger partial charge in [0, 0.05) is 5.56 Å². The third-order valence-electron chi connectivity index (χ3n) is 1.83. The van der Waals surface area contributed by atoms with Gasteiger partial charge in [0.05, 0.1) is 23.0 Å². The number of hydrogen-bond acceptors (Lipinski definition) is 3. The lowest BCUT2D eigenvalue weighted by Crippen LogP contribution is -2.12. The fourth-order valence-corrected chi connectivity index (χ4v) is 2.02. The van der Waals surface area contributed by atoms with Crippen molar-refractivity contribution in [1.29, 1.82) is 0 Å². The van der Waals surface area contributed by atoms with Crippen LogP contribution in [0.5, 0.6) is 5.75 Å². The molecule has 88 valence electrons. The monoisotopic (exact) mass is 282 g/mol. The zero-order chi connectivity index (χ0) is 12.1.